The van der Waals surface area contributed by atoms with Crippen molar-refractivity contribution >= 4 is 35.0 Å². The van der Waals surface area contributed by atoms with E-state index in [9.17, 15) is 9.59 Å². The van der Waals surface area contributed by atoms with E-state index < -0.39 is 0 Å². The van der Waals surface area contributed by atoms with E-state index in [2.05, 4.69) is 6.07 Å². The molecule has 0 saturated carbocycles. The number of hydrogen-bond acceptors (Lipinski definition) is 4. The van der Waals surface area contributed by atoms with Gasteiger partial charge in [-0.2, -0.15) is 0 Å². The second-order valence-electron chi connectivity index (χ2n) is 9.08. The summed E-state index contributed by atoms with van der Waals surface area (Å²) in [6.07, 6.45) is 0.848. The van der Waals surface area contributed by atoms with Crippen molar-refractivity contribution < 1.29 is 14.3 Å². The molecule has 0 N–H and O–H groups in total. The standard InChI is InChI=1S/C31H26N2O3S/c1-2-36-24-14-11-21(12-15-24)20-33-27-19-23(30(34)32-18-17-22-7-3-5-9-26(22)32)13-16-29(27)37-28-10-6-4-8-25(28)31(33)35/h3-16,19H,2,17-18,20H2,1H3. The van der Waals surface area contributed by atoms with E-state index in [1.165, 1.54) is 5.56 Å². The van der Waals surface area contributed by atoms with Crippen molar-refractivity contribution in [3.05, 3.63) is 113 Å². The third-order valence-corrected chi connectivity index (χ3v) is 7.93. The molecule has 2 heterocycles. The number of anilines is 2. The van der Waals surface area contributed by atoms with Crippen molar-refractivity contribution in [2.75, 3.05) is 23.0 Å². The summed E-state index contributed by atoms with van der Waals surface area (Å²) in [7, 11) is 0. The fraction of sp³-hybridized carbons (Fsp3) is 0.161. The SMILES string of the molecule is CCOc1ccc(CN2C(=O)c3ccccc3Sc3ccc(C(=O)N4CCc5ccccc54)cc32)cc1. The van der Waals surface area contributed by atoms with Gasteiger partial charge >= 0.3 is 0 Å². The third kappa shape index (κ3) is 4.38. The summed E-state index contributed by atoms with van der Waals surface area (Å²) in [4.78, 5) is 33.0. The molecule has 0 saturated heterocycles. The Balaban J connectivity index is 1.39. The highest BCUT2D eigenvalue weighted by molar-refractivity contribution is 7.99. The fourth-order valence-corrected chi connectivity index (χ4v) is 6.01. The van der Waals surface area contributed by atoms with Crippen LogP contribution < -0.4 is 14.5 Å². The summed E-state index contributed by atoms with van der Waals surface area (Å²) in [6, 6.07) is 29.3. The molecule has 0 atom stereocenters. The molecule has 0 radical (unpaired) electrons. The number of rotatable bonds is 5. The first kappa shape index (κ1) is 23.4. The van der Waals surface area contributed by atoms with Gasteiger partial charge in [-0.1, -0.05) is 54.2 Å². The first-order chi connectivity index (χ1) is 18.1. The van der Waals surface area contributed by atoms with Gasteiger partial charge in [-0.25, -0.2) is 0 Å². The summed E-state index contributed by atoms with van der Waals surface area (Å²) in [5, 5.41) is 0. The van der Waals surface area contributed by atoms with Crippen LogP contribution in [0.1, 0.15) is 38.8 Å². The van der Waals surface area contributed by atoms with Gasteiger partial charge in [0.1, 0.15) is 5.75 Å². The summed E-state index contributed by atoms with van der Waals surface area (Å²) in [6.45, 7) is 3.60. The summed E-state index contributed by atoms with van der Waals surface area (Å²) >= 11 is 1.56. The first-order valence-electron chi connectivity index (χ1n) is 12.5. The quantitative estimate of drug-likeness (QED) is 0.306. The lowest BCUT2D eigenvalue weighted by molar-refractivity contribution is 0.0974. The van der Waals surface area contributed by atoms with Crippen LogP contribution in [-0.2, 0) is 13.0 Å². The van der Waals surface area contributed by atoms with Gasteiger partial charge in [0.25, 0.3) is 11.8 Å². The topological polar surface area (TPSA) is 49.9 Å². The predicted octanol–water partition coefficient (Wildman–Crippen LogP) is 6.60. The van der Waals surface area contributed by atoms with Gasteiger partial charge in [0.15, 0.2) is 0 Å². The van der Waals surface area contributed by atoms with E-state index in [-0.39, 0.29) is 11.8 Å². The van der Waals surface area contributed by atoms with Crippen LogP contribution in [-0.4, -0.2) is 25.0 Å². The fourth-order valence-electron chi connectivity index (χ4n) is 4.96. The molecule has 0 aliphatic carbocycles. The van der Waals surface area contributed by atoms with Gasteiger partial charge in [0.2, 0.25) is 0 Å². The van der Waals surface area contributed by atoms with E-state index in [1.807, 2.05) is 96.8 Å². The lowest BCUT2D eigenvalue weighted by atomic mass is 10.1. The molecule has 6 rings (SSSR count). The normalized spacial score (nSPS) is 14.0. The lowest BCUT2D eigenvalue weighted by Gasteiger charge is -2.25. The van der Waals surface area contributed by atoms with Crippen molar-refractivity contribution in [3.8, 4) is 5.75 Å². The highest BCUT2D eigenvalue weighted by Crippen LogP contribution is 2.43. The molecule has 2 amide bonds. The lowest BCUT2D eigenvalue weighted by Crippen LogP contribution is -2.31. The van der Waals surface area contributed by atoms with Crippen molar-refractivity contribution in [1.29, 1.82) is 0 Å². The van der Waals surface area contributed by atoms with Crippen molar-refractivity contribution in [3.63, 3.8) is 0 Å². The molecule has 0 unspecified atom stereocenters. The average molecular weight is 507 g/mol. The number of amides is 2. The maximum atomic E-state index is 13.9. The number of nitrogens with zero attached hydrogens (tertiary/aromatic N) is 2. The predicted molar refractivity (Wildman–Crippen MR) is 147 cm³/mol. The molecule has 0 aromatic heterocycles. The molecule has 2 aliphatic rings. The average Bonchev–Trinajstić information content (AvgIpc) is 3.32. The number of benzene rings is 4. The molecule has 6 heteroatoms. The van der Waals surface area contributed by atoms with Crippen molar-refractivity contribution in [2.45, 2.75) is 29.7 Å². The number of carbonyl (C=O) groups is 2. The Morgan fingerprint density at radius 3 is 2.51 bits per heavy atom. The van der Waals surface area contributed by atoms with E-state index in [1.54, 1.807) is 16.7 Å². The molecule has 0 spiro atoms. The molecule has 184 valence electrons. The minimum Gasteiger partial charge on any atom is -0.494 e. The molecular weight excluding hydrogens is 480 g/mol. The first-order valence-corrected chi connectivity index (χ1v) is 13.3. The van der Waals surface area contributed by atoms with E-state index in [0.717, 1.165) is 38.9 Å². The minimum atomic E-state index is -0.0770. The number of para-hydroxylation sites is 1. The molecule has 4 aromatic carbocycles. The minimum absolute atomic E-state index is 0.0482. The van der Waals surface area contributed by atoms with E-state index >= 15 is 0 Å². The molecule has 4 aromatic rings. The third-order valence-electron chi connectivity index (χ3n) is 6.79. The zero-order valence-electron chi connectivity index (χ0n) is 20.5. The van der Waals surface area contributed by atoms with Gasteiger partial charge in [-0.3, -0.25) is 9.59 Å². The molecule has 5 nitrogen and oxygen atoms in total. The largest absolute Gasteiger partial charge is 0.494 e. The van der Waals surface area contributed by atoms with Crippen LogP contribution in [0.3, 0.4) is 0 Å². The Morgan fingerprint density at radius 2 is 1.68 bits per heavy atom. The van der Waals surface area contributed by atoms with Crippen LogP contribution in [0.2, 0.25) is 0 Å². The Hall–Kier alpha value is -4.03. The number of hydrogen-bond donors (Lipinski definition) is 0. The molecule has 0 fully saturated rings. The summed E-state index contributed by atoms with van der Waals surface area (Å²) in [5.41, 5.74) is 5.12. The smallest absolute Gasteiger partial charge is 0.259 e. The van der Waals surface area contributed by atoms with Crippen molar-refractivity contribution in [1.82, 2.24) is 0 Å². The highest BCUT2D eigenvalue weighted by Gasteiger charge is 2.30. The van der Waals surface area contributed by atoms with Crippen LogP contribution in [0.25, 0.3) is 0 Å². The molecular formula is C31H26N2O3S. The van der Waals surface area contributed by atoms with E-state index in [4.69, 9.17) is 4.74 Å². The second kappa shape index (κ2) is 9.79. The van der Waals surface area contributed by atoms with Crippen LogP contribution in [0, 0.1) is 0 Å². The van der Waals surface area contributed by atoms with Crippen molar-refractivity contribution in [2.24, 2.45) is 0 Å². The van der Waals surface area contributed by atoms with Crippen LogP contribution in [0.5, 0.6) is 5.75 Å². The molecule has 2 aliphatic heterocycles. The Labute approximate surface area is 220 Å². The maximum absolute atomic E-state index is 13.9. The van der Waals surface area contributed by atoms with Gasteiger partial charge in [-0.05, 0) is 73.0 Å². The van der Waals surface area contributed by atoms with Gasteiger partial charge in [0.05, 0.1) is 24.4 Å². The zero-order chi connectivity index (χ0) is 25.4. The van der Waals surface area contributed by atoms with Crippen LogP contribution >= 0.6 is 11.8 Å². The number of carbonyl (C=O) groups excluding carboxylic acids is 2. The summed E-state index contributed by atoms with van der Waals surface area (Å²) < 4.78 is 5.58. The number of fused-ring (bicyclic) bond motifs is 3. The zero-order valence-corrected chi connectivity index (χ0v) is 21.3. The van der Waals surface area contributed by atoms with Gasteiger partial charge < -0.3 is 14.5 Å². The second-order valence-corrected chi connectivity index (χ2v) is 10.2. The van der Waals surface area contributed by atoms with E-state index in [0.29, 0.717) is 30.8 Å². The van der Waals surface area contributed by atoms with Crippen LogP contribution in [0.4, 0.5) is 11.4 Å². The Morgan fingerprint density at radius 1 is 0.892 bits per heavy atom. The number of ether oxygens (including phenoxy) is 1. The monoisotopic (exact) mass is 506 g/mol. The Bertz CT molecular complexity index is 1500. The highest BCUT2D eigenvalue weighted by atomic mass is 32.2. The summed E-state index contributed by atoms with van der Waals surface area (Å²) in [5.74, 6) is 0.674. The van der Waals surface area contributed by atoms with Crippen LogP contribution in [0.15, 0.2) is 101 Å². The molecule has 37 heavy (non-hydrogen) atoms. The van der Waals surface area contributed by atoms with Gasteiger partial charge in [-0.15, -0.1) is 0 Å². The van der Waals surface area contributed by atoms with Gasteiger partial charge in [0, 0.05) is 27.6 Å². The Kier molecular flexibility index (Phi) is 6.18. The molecule has 0 bridgehead atoms. The maximum Gasteiger partial charge on any atom is 0.259 e.